The molecule has 0 aliphatic carbocycles. The van der Waals surface area contributed by atoms with Gasteiger partial charge in [-0.2, -0.15) is 0 Å². The quantitative estimate of drug-likeness (QED) is 0.661. The molecule has 0 amide bonds. The fraction of sp³-hybridized carbons (Fsp3) is 0.308. The number of aromatic nitrogens is 1. The van der Waals surface area contributed by atoms with Crippen LogP contribution in [0.3, 0.4) is 0 Å². The molecule has 1 aromatic carbocycles. The van der Waals surface area contributed by atoms with Gasteiger partial charge in [0.15, 0.2) is 0 Å². The Morgan fingerprint density at radius 3 is 2.84 bits per heavy atom. The van der Waals surface area contributed by atoms with E-state index < -0.39 is 4.92 Å². The van der Waals surface area contributed by atoms with Gasteiger partial charge >= 0.3 is 0 Å². The summed E-state index contributed by atoms with van der Waals surface area (Å²) in [5.74, 6) is 0.271. The molecule has 1 heterocycles. The van der Waals surface area contributed by atoms with Gasteiger partial charge in [-0.25, -0.2) is 4.98 Å². The lowest BCUT2D eigenvalue weighted by Gasteiger charge is -2.04. The van der Waals surface area contributed by atoms with Crippen molar-refractivity contribution in [3.8, 4) is 11.5 Å². The summed E-state index contributed by atoms with van der Waals surface area (Å²) >= 11 is 0. The van der Waals surface area contributed by atoms with Gasteiger partial charge in [0.2, 0.25) is 5.89 Å². The van der Waals surface area contributed by atoms with Crippen LogP contribution in [0.25, 0.3) is 11.5 Å². The summed E-state index contributed by atoms with van der Waals surface area (Å²) < 4.78 is 5.32. The first-order valence-electron chi connectivity index (χ1n) is 5.99. The normalized spacial score (nSPS) is 10.9. The SMILES string of the molecule is CC(C)NCc1coc(-c2ccccc2[N+](=O)[O-])n1. The predicted molar refractivity (Wildman–Crippen MR) is 70.6 cm³/mol. The Balaban J connectivity index is 2.25. The molecule has 100 valence electrons. The maximum absolute atomic E-state index is 10.9. The van der Waals surface area contributed by atoms with Crippen molar-refractivity contribution in [3.63, 3.8) is 0 Å². The average Bonchev–Trinajstić information content (AvgIpc) is 2.85. The van der Waals surface area contributed by atoms with Crippen LogP contribution in [-0.4, -0.2) is 15.9 Å². The molecular formula is C13H15N3O3. The highest BCUT2D eigenvalue weighted by Gasteiger charge is 2.18. The summed E-state index contributed by atoms with van der Waals surface area (Å²) in [6.45, 7) is 4.63. The average molecular weight is 261 g/mol. The molecule has 19 heavy (non-hydrogen) atoms. The van der Waals surface area contributed by atoms with Gasteiger partial charge in [0, 0.05) is 18.7 Å². The molecule has 0 aliphatic rings. The van der Waals surface area contributed by atoms with Gasteiger partial charge in [0.1, 0.15) is 11.8 Å². The van der Waals surface area contributed by atoms with Crippen molar-refractivity contribution in [2.45, 2.75) is 26.4 Å². The van der Waals surface area contributed by atoms with Gasteiger partial charge in [-0.3, -0.25) is 10.1 Å². The number of para-hydroxylation sites is 1. The lowest BCUT2D eigenvalue weighted by molar-refractivity contribution is -0.384. The number of hydrogen-bond acceptors (Lipinski definition) is 5. The third-order valence-electron chi connectivity index (χ3n) is 2.57. The summed E-state index contributed by atoms with van der Waals surface area (Å²) in [7, 11) is 0. The Labute approximate surface area is 110 Å². The van der Waals surface area contributed by atoms with Crippen molar-refractivity contribution in [3.05, 3.63) is 46.3 Å². The maximum atomic E-state index is 10.9. The van der Waals surface area contributed by atoms with E-state index in [1.165, 1.54) is 12.3 Å². The molecule has 1 aromatic heterocycles. The number of oxazole rings is 1. The molecular weight excluding hydrogens is 246 g/mol. The highest BCUT2D eigenvalue weighted by molar-refractivity contribution is 5.66. The van der Waals surface area contributed by atoms with Crippen LogP contribution < -0.4 is 5.32 Å². The number of nitrogens with zero attached hydrogens (tertiary/aromatic N) is 2. The van der Waals surface area contributed by atoms with E-state index in [1.807, 2.05) is 13.8 Å². The molecule has 2 rings (SSSR count). The molecule has 0 saturated carbocycles. The zero-order valence-electron chi connectivity index (χ0n) is 10.8. The highest BCUT2D eigenvalue weighted by Crippen LogP contribution is 2.28. The molecule has 0 aliphatic heterocycles. The largest absolute Gasteiger partial charge is 0.444 e. The molecule has 0 bridgehead atoms. The van der Waals surface area contributed by atoms with Gasteiger partial charge in [0.05, 0.1) is 10.6 Å². The fourth-order valence-corrected chi connectivity index (χ4v) is 1.63. The molecule has 2 aromatic rings. The molecule has 0 unspecified atom stereocenters. The van der Waals surface area contributed by atoms with Gasteiger partial charge in [-0.15, -0.1) is 0 Å². The number of benzene rings is 1. The van der Waals surface area contributed by atoms with Crippen molar-refractivity contribution in [1.29, 1.82) is 0 Å². The van der Waals surface area contributed by atoms with Crippen molar-refractivity contribution in [2.24, 2.45) is 0 Å². The Kier molecular flexibility index (Phi) is 3.91. The second-order valence-corrected chi connectivity index (χ2v) is 4.45. The number of nitro benzene ring substituents is 1. The van der Waals surface area contributed by atoms with E-state index in [0.29, 0.717) is 18.2 Å². The maximum Gasteiger partial charge on any atom is 0.282 e. The van der Waals surface area contributed by atoms with Gasteiger partial charge < -0.3 is 9.73 Å². The first-order valence-corrected chi connectivity index (χ1v) is 5.99. The van der Waals surface area contributed by atoms with E-state index in [4.69, 9.17) is 4.42 Å². The Hall–Kier alpha value is -2.21. The van der Waals surface area contributed by atoms with Crippen molar-refractivity contribution >= 4 is 5.69 Å². The molecule has 0 spiro atoms. The minimum atomic E-state index is -0.439. The van der Waals surface area contributed by atoms with Crippen LogP contribution in [0.4, 0.5) is 5.69 Å². The lowest BCUT2D eigenvalue weighted by atomic mass is 10.2. The summed E-state index contributed by atoms with van der Waals surface area (Å²) in [6, 6.07) is 6.74. The first-order chi connectivity index (χ1) is 9.08. The number of nitro groups is 1. The molecule has 0 atom stereocenters. The summed E-state index contributed by atoms with van der Waals surface area (Å²) in [4.78, 5) is 14.8. The number of rotatable bonds is 5. The number of nitrogens with one attached hydrogen (secondary N) is 1. The van der Waals surface area contributed by atoms with Crippen LogP contribution in [0, 0.1) is 10.1 Å². The number of hydrogen-bond donors (Lipinski definition) is 1. The third kappa shape index (κ3) is 3.17. The van der Waals surface area contributed by atoms with Crippen LogP contribution in [-0.2, 0) is 6.54 Å². The Morgan fingerprint density at radius 2 is 2.16 bits per heavy atom. The van der Waals surface area contributed by atoms with Crippen molar-refractivity contribution < 1.29 is 9.34 Å². The van der Waals surface area contributed by atoms with E-state index >= 15 is 0 Å². The van der Waals surface area contributed by atoms with E-state index in [9.17, 15) is 10.1 Å². The van der Waals surface area contributed by atoms with Crippen molar-refractivity contribution in [2.75, 3.05) is 0 Å². The summed E-state index contributed by atoms with van der Waals surface area (Å²) in [6.07, 6.45) is 1.52. The van der Waals surface area contributed by atoms with Gasteiger partial charge in [-0.05, 0) is 6.07 Å². The van der Waals surface area contributed by atoms with Gasteiger partial charge in [0.25, 0.3) is 5.69 Å². The summed E-state index contributed by atoms with van der Waals surface area (Å²) in [5, 5.41) is 14.1. The second-order valence-electron chi connectivity index (χ2n) is 4.45. The molecule has 0 fully saturated rings. The molecule has 0 saturated heterocycles. The third-order valence-corrected chi connectivity index (χ3v) is 2.57. The minimum Gasteiger partial charge on any atom is -0.444 e. The van der Waals surface area contributed by atoms with Crippen LogP contribution in [0.1, 0.15) is 19.5 Å². The van der Waals surface area contributed by atoms with E-state index in [2.05, 4.69) is 10.3 Å². The fourth-order valence-electron chi connectivity index (χ4n) is 1.63. The Bertz CT molecular complexity index is 578. The second kappa shape index (κ2) is 5.62. The van der Waals surface area contributed by atoms with Gasteiger partial charge in [-0.1, -0.05) is 26.0 Å². The van der Waals surface area contributed by atoms with E-state index in [1.54, 1.807) is 18.2 Å². The molecule has 6 heteroatoms. The van der Waals surface area contributed by atoms with Crippen LogP contribution in [0.15, 0.2) is 34.9 Å². The predicted octanol–water partition coefficient (Wildman–Crippen LogP) is 2.75. The minimum absolute atomic E-state index is 0.00674. The van der Waals surface area contributed by atoms with E-state index in [-0.39, 0.29) is 11.6 Å². The molecule has 1 N–H and O–H groups in total. The molecule has 0 radical (unpaired) electrons. The monoisotopic (exact) mass is 261 g/mol. The van der Waals surface area contributed by atoms with Crippen LogP contribution in [0.5, 0.6) is 0 Å². The lowest BCUT2D eigenvalue weighted by Crippen LogP contribution is -2.21. The zero-order valence-corrected chi connectivity index (χ0v) is 10.8. The van der Waals surface area contributed by atoms with Crippen LogP contribution in [0.2, 0.25) is 0 Å². The highest BCUT2D eigenvalue weighted by atomic mass is 16.6. The zero-order chi connectivity index (χ0) is 13.8. The Morgan fingerprint density at radius 1 is 1.42 bits per heavy atom. The first kappa shape index (κ1) is 13.2. The molecule has 6 nitrogen and oxygen atoms in total. The summed E-state index contributed by atoms with van der Waals surface area (Å²) in [5.41, 5.74) is 1.11. The smallest absolute Gasteiger partial charge is 0.282 e. The standard InChI is InChI=1S/C13H15N3O3/c1-9(2)14-7-10-8-19-13(15-10)11-5-3-4-6-12(11)16(17)18/h3-6,8-9,14H,7H2,1-2H3. The van der Waals surface area contributed by atoms with Crippen LogP contribution >= 0.6 is 0 Å². The van der Waals surface area contributed by atoms with Crippen molar-refractivity contribution in [1.82, 2.24) is 10.3 Å². The van der Waals surface area contributed by atoms with E-state index in [0.717, 1.165) is 5.69 Å². The topological polar surface area (TPSA) is 81.2 Å².